The average molecular weight is 391 g/mol. The number of carbonyl (C=O) groups is 2. The summed E-state index contributed by atoms with van der Waals surface area (Å²) in [6, 6.07) is -0.323. The zero-order valence-corrected chi connectivity index (χ0v) is 15.3. The van der Waals surface area contributed by atoms with Gasteiger partial charge < -0.3 is 30.1 Å². The van der Waals surface area contributed by atoms with Gasteiger partial charge in [-0.3, -0.25) is 4.79 Å². The van der Waals surface area contributed by atoms with E-state index in [2.05, 4.69) is 10.6 Å². The Balaban J connectivity index is 1.42. The number of fused-ring (bicyclic) bond motifs is 1. The predicted molar refractivity (Wildman–Crippen MR) is 90.4 cm³/mol. The number of hydrogen-bond acceptors (Lipinski definition) is 5. The summed E-state index contributed by atoms with van der Waals surface area (Å²) in [7, 11) is 0. The van der Waals surface area contributed by atoms with Crippen LogP contribution in [0.15, 0.2) is 0 Å². The van der Waals surface area contributed by atoms with E-state index in [1.54, 1.807) is 0 Å². The molecule has 3 fully saturated rings. The molecule has 5 atom stereocenters. The van der Waals surface area contributed by atoms with Gasteiger partial charge in [0.25, 0.3) is 5.92 Å². The molecule has 3 rings (SSSR count). The molecule has 10 heteroatoms. The maximum absolute atomic E-state index is 13.2. The minimum atomic E-state index is -2.81. The number of carbonyl (C=O) groups excluding carboxylic acids is 2. The van der Waals surface area contributed by atoms with E-state index in [0.717, 1.165) is 11.3 Å². The Hall–Kier alpha value is -1.52. The van der Waals surface area contributed by atoms with Gasteiger partial charge in [0.2, 0.25) is 5.91 Å². The summed E-state index contributed by atoms with van der Waals surface area (Å²) in [5.41, 5.74) is 0. The van der Waals surface area contributed by atoms with Crippen molar-refractivity contribution >= 4 is 11.9 Å². The lowest BCUT2D eigenvalue weighted by Gasteiger charge is -2.22. The molecular weight excluding hydrogens is 364 g/mol. The molecule has 3 amide bonds. The van der Waals surface area contributed by atoms with Gasteiger partial charge in [-0.1, -0.05) is 6.92 Å². The molecular formula is C17H27F2N3O5. The van der Waals surface area contributed by atoms with Crippen molar-refractivity contribution in [2.24, 2.45) is 0 Å². The average Bonchev–Trinajstić information content (AvgIpc) is 3.25. The second-order valence-electron chi connectivity index (χ2n) is 7.42. The summed E-state index contributed by atoms with van der Waals surface area (Å²) in [6.07, 6.45) is -1.98. The molecule has 0 bridgehead atoms. The first kappa shape index (κ1) is 20.2. The van der Waals surface area contributed by atoms with Crippen LogP contribution in [0.5, 0.6) is 0 Å². The van der Waals surface area contributed by atoms with Gasteiger partial charge in [0.1, 0.15) is 18.3 Å². The predicted octanol–water partition coefficient (Wildman–Crippen LogP) is 0.239. The van der Waals surface area contributed by atoms with Crippen LogP contribution in [0.2, 0.25) is 0 Å². The molecule has 154 valence electrons. The molecule has 0 spiro atoms. The van der Waals surface area contributed by atoms with Crippen LogP contribution in [-0.4, -0.2) is 84.6 Å². The number of amides is 3. The number of halogens is 2. The highest BCUT2D eigenvalue weighted by Crippen LogP contribution is 2.36. The number of alkyl halides is 2. The van der Waals surface area contributed by atoms with E-state index < -0.39 is 36.9 Å². The standard InChI is InChI=1S/C17H27F2N3O5/c1-2-4-20-16(25)21-8-12-14(24)15-11(27-12)6-10(26-15)7-13(23)22-5-3-17(18,19)9-22/h10-12,14-15,24H,2-9H2,1H3,(H2,20,21,25)/t10-,11+,12+,14+,15-/m0/s1. The number of aliphatic hydroxyl groups is 1. The number of hydrogen-bond donors (Lipinski definition) is 3. The third-order valence-corrected chi connectivity index (χ3v) is 5.20. The van der Waals surface area contributed by atoms with Gasteiger partial charge in [-0.2, -0.15) is 0 Å². The first-order valence-electron chi connectivity index (χ1n) is 9.45. The SMILES string of the molecule is CCCNC(=O)NC[C@H]1O[C@@H]2C[C@@H](CC(=O)N3CCC(F)(F)C3)O[C@@H]2[C@@H]1O. The highest BCUT2D eigenvalue weighted by atomic mass is 19.3. The van der Waals surface area contributed by atoms with Crippen LogP contribution in [0, 0.1) is 0 Å². The van der Waals surface area contributed by atoms with Crippen molar-refractivity contribution in [3.63, 3.8) is 0 Å². The van der Waals surface area contributed by atoms with Crippen molar-refractivity contribution in [2.75, 3.05) is 26.2 Å². The van der Waals surface area contributed by atoms with Gasteiger partial charge >= 0.3 is 6.03 Å². The largest absolute Gasteiger partial charge is 0.388 e. The van der Waals surface area contributed by atoms with Gasteiger partial charge in [-0.25, -0.2) is 13.6 Å². The van der Waals surface area contributed by atoms with Gasteiger partial charge in [-0.15, -0.1) is 0 Å². The zero-order chi connectivity index (χ0) is 19.6. The molecule has 3 aliphatic rings. The summed E-state index contributed by atoms with van der Waals surface area (Å²) in [6.45, 7) is 2.17. The molecule has 3 N–H and O–H groups in total. The van der Waals surface area contributed by atoms with Crippen LogP contribution >= 0.6 is 0 Å². The molecule has 8 nitrogen and oxygen atoms in total. The normalized spacial score (nSPS) is 34.5. The Bertz CT molecular complexity index is 565. The molecule has 27 heavy (non-hydrogen) atoms. The van der Waals surface area contributed by atoms with Gasteiger partial charge in [-0.05, 0) is 6.42 Å². The molecule has 0 aromatic rings. The van der Waals surface area contributed by atoms with Crippen LogP contribution in [0.25, 0.3) is 0 Å². The molecule has 0 aliphatic carbocycles. The third-order valence-electron chi connectivity index (χ3n) is 5.20. The summed E-state index contributed by atoms with van der Waals surface area (Å²) in [5, 5.41) is 15.7. The number of urea groups is 1. The van der Waals surface area contributed by atoms with E-state index in [0.29, 0.717) is 13.0 Å². The van der Waals surface area contributed by atoms with Crippen molar-refractivity contribution in [1.82, 2.24) is 15.5 Å². The second kappa shape index (κ2) is 8.24. The van der Waals surface area contributed by atoms with E-state index in [9.17, 15) is 23.5 Å². The molecule has 3 aliphatic heterocycles. The van der Waals surface area contributed by atoms with Crippen molar-refractivity contribution < 1.29 is 33.0 Å². The summed E-state index contributed by atoms with van der Waals surface area (Å²) in [4.78, 5) is 24.9. The van der Waals surface area contributed by atoms with E-state index >= 15 is 0 Å². The fourth-order valence-corrected chi connectivity index (χ4v) is 3.78. The van der Waals surface area contributed by atoms with Gasteiger partial charge in [0, 0.05) is 32.5 Å². The quantitative estimate of drug-likeness (QED) is 0.602. The lowest BCUT2D eigenvalue weighted by molar-refractivity contribution is -0.135. The molecule has 3 heterocycles. The highest BCUT2D eigenvalue weighted by Gasteiger charge is 2.51. The van der Waals surface area contributed by atoms with Crippen LogP contribution in [0.1, 0.15) is 32.6 Å². The molecule has 0 aromatic heterocycles. The maximum atomic E-state index is 13.2. The van der Waals surface area contributed by atoms with E-state index in [4.69, 9.17) is 9.47 Å². The smallest absolute Gasteiger partial charge is 0.314 e. The topological polar surface area (TPSA) is 100 Å². The van der Waals surface area contributed by atoms with Crippen LogP contribution in [0.3, 0.4) is 0 Å². The summed E-state index contributed by atoms with van der Waals surface area (Å²) >= 11 is 0. The molecule has 0 saturated carbocycles. The lowest BCUT2D eigenvalue weighted by Crippen LogP contribution is -2.44. The molecule has 0 radical (unpaired) electrons. The number of nitrogens with zero attached hydrogens (tertiary/aromatic N) is 1. The number of ether oxygens (including phenoxy) is 2. The Morgan fingerprint density at radius 2 is 2.07 bits per heavy atom. The van der Waals surface area contributed by atoms with Crippen LogP contribution in [0.4, 0.5) is 13.6 Å². The number of likely N-dealkylation sites (tertiary alicyclic amines) is 1. The Kier molecular flexibility index (Phi) is 6.17. The lowest BCUT2D eigenvalue weighted by atomic mass is 10.1. The molecule has 3 saturated heterocycles. The maximum Gasteiger partial charge on any atom is 0.314 e. The van der Waals surface area contributed by atoms with Crippen LogP contribution < -0.4 is 10.6 Å². The Labute approximate surface area is 156 Å². The molecule has 0 unspecified atom stereocenters. The first-order valence-corrected chi connectivity index (χ1v) is 9.45. The Morgan fingerprint density at radius 1 is 1.30 bits per heavy atom. The van der Waals surface area contributed by atoms with E-state index in [-0.39, 0.29) is 44.0 Å². The van der Waals surface area contributed by atoms with Crippen molar-refractivity contribution in [2.45, 2.75) is 69.0 Å². The summed E-state index contributed by atoms with van der Waals surface area (Å²) in [5.74, 6) is -3.18. The van der Waals surface area contributed by atoms with Crippen molar-refractivity contribution in [3.8, 4) is 0 Å². The summed E-state index contributed by atoms with van der Waals surface area (Å²) < 4.78 is 38.0. The van der Waals surface area contributed by atoms with Crippen LogP contribution in [-0.2, 0) is 14.3 Å². The fraction of sp³-hybridized carbons (Fsp3) is 0.882. The zero-order valence-electron chi connectivity index (χ0n) is 15.3. The van der Waals surface area contributed by atoms with Gasteiger partial charge in [0.15, 0.2) is 0 Å². The number of rotatable bonds is 6. The molecule has 0 aromatic carbocycles. The minimum Gasteiger partial charge on any atom is -0.388 e. The van der Waals surface area contributed by atoms with Crippen molar-refractivity contribution in [1.29, 1.82) is 0 Å². The fourth-order valence-electron chi connectivity index (χ4n) is 3.78. The second-order valence-corrected chi connectivity index (χ2v) is 7.42. The van der Waals surface area contributed by atoms with Crippen molar-refractivity contribution in [3.05, 3.63) is 0 Å². The minimum absolute atomic E-state index is 0.00149. The van der Waals surface area contributed by atoms with Gasteiger partial charge in [0.05, 0.1) is 25.2 Å². The third kappa shape index (κ3) is 4.85. The van der Waals surface area contributed by atoms with E-state index in [1.807, 2.05) is 6.92 Å². The highest BCUT2D eigenvalue weighted by molar-refractivity contribution is 5.77. The number of aliphatic hydroxyl groups excluding tert-OH is 1. The Morgan fingerprint density at radius 3 is 2.70 bits per heavy atom. The first-order chi connectivity index (χ1) is 12.8. The monoisotopic (exact) mass is 391 g/mol. The number of nitrogens with one attached hydrogen (secondary N) is 2. The van der Waals surface area contributed by atoms with E-state index in [1.165, 1.54) is 0 Å².